The molecule has 3 nitrogen and oxygen atoms in total. The zero-order valence-electron chi connectivity index (χ0n) is 9.79. The molecule has 1 fully saturated rings. The number of ether oxygens (including phenoxy) is 1. The fourth-order valence-electron chi connectivity index (χ4n) is 1.85. The maximum absolute atomic E-state index is 9.85. The van der Waals surface area contributed by atoms with Crippen LogP contribution >= 0.6 is 15.9 Å². The third-order valence-electron chi connectivity index (χ3n) is 3.10. The highest BCUT2D eigenvalue weighted by molar-refractivity contribution is 9.10. The van der Waals surface area contributed by atoms with Gasteiger partial charge < -0.3 is 15.2 Å². The minimum absolute atomic E-state index is 0.447. The topological polar surface area (TPSA) is 41.5 Å². The third kappa shape index (κ3) is 3.98. The van der Waals surface area contributed by atoms with Gasteiger partial charge in [0, 0.05) is 17.6 Å². The molecule has 0 radical (unpaired) electrons. The van der Waals surface area contributed by atoms with E-state index in [1.807, 2.05) is 24.3 Å². The molecule has 0 spiro atoms. The van der Waals surface area contributed by atoms with Crippen molar-refractivity contribution in [2.75, 3.05) is 19.7 Å². The Hall–Kier alpha value is -0.580. The zero-order valence-corrected chi connectivity index (χ0v) is 11.4. The van der Waals surface area contributed by atoms with Gasteiger partial charge in [-0.05, 0) is 43.5 Å². The first-order valence-corrected chi connectivity index (χ1v) is 6.79. The quantitative estimate of drug-likeness (QED) is 0.792. The predicted octanol–water partition coefficient (Wildman–Crippen LogP) is 2.33. The van der Waals surface area contributed by atoms with Crippen LogP contribution in [0.2, 0.25) is 0 Å². The summed E-state index contributed by atoms with van der Waals surface area (Å²) in [5.41, 5.74) is -0.447. The number of nitrogens with one attached hydrogen (secondary N) is 1. The number of aliphatic hydroxyl groups is 1. The van der Waals surface area contributed by atoms with Crippen LogP contribution in [0.25, 0.3) is 0 Å². The summed E-state index contributed by atoms with van der Waals surface area (Å²) >= 11 is 3.38. The number of hydrogen-bond acceptors (Lipinski definition) is 3. The lowest BCUT2D eigenvalue weighted by atomic mass is 9.80. The Kier molecular flexibility index (Phi) is 4.42. The van der Waals surface area contributed by atoms with Crippen molar-refractivity contribution in [3.8, 4) is 5.75 Å². The van der Waals surface area contributed by atoms with Crippen molar-refractivity contribution in [1.82, 2.24) is 5.32 Å². The van der Waals surface area contributed by atoms with Gasteiger partial charge in [-0.25, -0.2) is 0 Å². The Labute approximate surface area is 110 Å². The van der Waals surface area contributed by atoms with Crippen LogP contribution < -0.4 is 10.1 Å². The number of benzene rings is 1. The summed E-state index contributed by atoms with van der Waals surface area (Å²) in [6, 6.07) is 7.78. The molecule has 0 bridgehead atoms. The normalized spacial score (nSPS) is 17.5. The molecule has 1 aromatic carbocycles. The molecule has 1 aromatic rings. The molecule has 17 heavy (non-hydrogen) atoms. The minimum atomic E-state index is -0.447. The van der Waals surface area contributed by atoms with Gasteiger partial charge in [-0.1, -0.05) is 15.9 Å². The lowest BCUT2D eigenvalue weighted by Crippen LogP contribution is -2.46. The summed E-state index contributed by atoms with van der Waals surface area (Å²) in [5.74, 6) is 0.873. The summed E-state index contributed by atoms with van der Waals surface area (Å²) in [7, 11) is 0. The lowest BCUT2D eigenvalue weighted by molar-refractivity contribution is -0.0314. The monoisotopic (exact) mass is 299 g/mol. The molecule has 2 N–H and O–H groups in total. The van der Waals surface area contributed by atoms with Crippen LogP contribution in [0.3, 0.4) is 0 Å². The second-order valence-electron chi connectivity index (χ2n) is 4.56. The summed E-state index contributed by atoms with van der Waals surface area (Å²) in [6.45, 7) is 2.06. The summed E-state index contributed by atoms with van der Waals surface area (Å²) in [5, 5.41) is 13.1. The van der Waals surface area contributed by atoms with Crippen molar-refractivity contribution < 1.29 is 9.84 Å². The second-order valence-corrected chi connectivity index (χ2v) is 5.47. The molecular weight excluding hydrogens is 282 g/mol. The zero-order chi connectivity index (χ0) is 12.1. The molecule has 0 aliphatic heterocycles. The Morgan fingerprint density at radius 2 is 2.00 bits per heavy atom. The van der Waals surface area contributed by atoms with Crippen molar-refractivity contribution >= 4 is 15.9 Å². The Morgan fingerprint density at radius 1 is 1.29 bits per heavy atom. The number of hydrogen-bond donors (Lipinski definition) is 2. The molecule has 2 rings (SSSR count). The first-order chi connectivity index (χ1) is 8.18. The van der Waals surface area contributed by atoms with Gasteiger partial charge in [0.15, 0.2) is 0 Å². The molecule has 0 atom stereocenters. The fraction of sp³-hybridized carbons (Fsp3) is 0.538. The molecular formula is C13H18BrNO2. The Balaban J connectivity index is 1.58. The van der Waals surface area contributed by atoms with Gasteiger partial charge in [-0.3, -0.25) is 0 Å². The van der Waals surface area contributed by atoms with E-state index in [1.165, 1.54) is 0 Å². The van der Waals surface area contributed by atoms with Crippen molar-refractivity contribution in [1.29, 1.82) is 0 Å². The van der Waals surface area contributed by atoms with Crippen LogP contribution in [0.4, 0.5) is 0 Å². The van der Waals surface area contributed by atoms with E-state index in [1.54, 1.807) is 0 Å². The van der Waals surface area contributed by atoms with E-state index in [2.05, 4.69) is 21.2 Å². The van der Waals surface area contributed by atoms with Crippen molar-refractivity contribution in [2.45, 2.75) is 24.9 Å². The maximum Gasteiger partial charge on any atom is 0.119 e. The first-order valence-electron chi connectivity index (χ1n) is 5.99. The molecule has 1 aliphatic carbocycles. The highest BCUT2D eigenvalue weighted by Gasteiger charge is 2.33. The molecule has 0 amide bonds. The van der Waals surface area contributed by atoms with Gasteiger partial charge in [0.05, 0.1) is 5.60 Å². The van der Waals surface area contributed by atoms with Gasteiger partial charge in [0.2, 0.25) is 0 Å². The molecule has 0 heterocycles. The summed E-state index contributed by atoms with van der Waals surface area (Å²) in [4.78, 5) is 0. The van der Waals surface area contributed by atoms with Crippen LogP contribution in [0.15, 0.2) is 28.7 Å². The maximum atomic E-state index is 9.85. The standard InChI is InChI=1S/C13H18BrNO2/c14-11-2-4-12(5-3-11)17-9-8-15-10-13(16)6-1-7-13/h2-5,15-16H,1,6-10H2. The van der Waals surface area contributed by atoms with Gasteiger partial charge >= 0.3 is 0 Å². The SMILES string of the molecule is OC1(CNCCOc2ccc(Br)cc2)CCC1. The van der Waals surface area contributed by atoms with Gasteiger partial charge in [0.1, 0.15) is 12.4 Å². The van der Waals surface area contributed by atoms with Crippen LogP contribution in [0.5, 0.6) is 5.75 Å². The van der Waals surface area contributed by atoms with Gasteiger partial charge in [0.25, 0.3) is 0 Å². The van der Waals surface area contributed by atoms with Crippen LogP contribution in [-0.2, 0) is 0 Å². The molecule has 4 heteroatoms. The molecule has 0 unspecified atom stereocenters. The molecule has 94 valence electrons. The highest BCUT2D eigenvalue weighted by atomic mass is 79.9. The predicted molar refractivity (Wildman–Crippen MR) is 71.3 cm³/mol. The van der Waals surface area contributed by atoms with E-state index in [9.17, 15) is 5.11 Å². The third-order valence-corrected chi connectivity index (χ3v) is 3.63. The van der Waals surface area contributed by atoms with E-state index < -0.39 is 5.60 Å². The highest BCUT2D eigenvalue weighted by Crippen LogP contribution is 2.30. The molecule has 0 aromatic heterocycles. The molecule has 1 aliphatic rings. The average molecular weight is 300 g/mol. The average Bonchev–Trinajstić information content (AvgIpc) is 2.29. The number of halogens is 1. The van der Waals surface area contributed by atoms with Crippen molar-refractivity contribution in [3.63, 3.8) is 0 Å². The van der Waals surface area contributed by atoms with Crippen molar-refractivity contribution in [3.05, 3.63) is 28.7 Å². The molecule has 1 saturated carbocycles. The minimum Gasteiger partial charge on any atom is -0.492 e. The van der Waals surface area contributed by atoms with E-state index in [4.69, 9.17) is 4.74 Å². The Bertz CT molecular complexity index is 349. The van der Waals surface area contributed by atoms with Crippen molar-refractivity contribution in [2.24, 2.45) is 0 Å². The fourth-order valence-corrected chi connectivity index (χ4v) is 2.12. The van der Waals surface area contributed by atoms with Crippen LogP contribution in [-0.4, -0.2) is 30.4 Å². The van der Waals surface area contributed by atoms with E-state index >= 15 is 0 Å². The van der Waals surface area contributed by atoms with E-state index in [0.29, 0.717) is 13.2 Å². The Morgan fingerprint density at radius 3 is 2.59 bits per heavy atom. The van der Waals surface area contributed by atoms with E-state index in [-0.39, 0.29) is 0 Å². The summed E-state index contributed by atoms with van der Waals surface area (Å²) < 4.78 is 6.61. The lowest BCUT2D eigenvalue weighted by Gasteiger charge is -2.36. The number of rotatable bonds is 6. The summed E-state index contributed by atoms with van der Waals surface area (Å²) in [6.07, 6.45) is 2.99. The molecule has 0 saturated heterocycles. The second kappa shape index (κ2) is 5.85. The first kappa shape index (κ1) is 12.9. The van der Waals surface area contributed by atoms with Crippen LogP contribution in [0.1, 0.15) is 19.3 Å². The van der Waals surface area contributed by atoms with Gasteiger partial charge in [-0.15, -0.1) is 0 Å². The van der Waals surface area contributed by atoms with Gasteiger partial charge in [-0.2, -0.15) is 0 Å². The van der Waals surface area contributed by atoms with E-state index in [0.717, 1.165) is 36.0 Å². The largest absolute Gasteiger partial charge is 0.492 e. The smallest absolute Gasteiger partial charge is 0.119 e. The van der Waals surface area contributed by atoms with Crippen LogP contribution in [0, 0.1) is 0 Å².